The molecule has 28 heavy (non-hydrogen) atoms. The predicted molar refractivity (Wildman–Crippen MR) is 98.2 cm³/mol. The number of carbonyl (C=O) groups is 1. The van der Waals surface area contributed by atoms with E-state index in [2.05, 4.69) is 15.4 Å². The zero-order valence-corrected chi connectivity index (χ0v) is 15.4. The van der Waals surface area contributed by atoms with E-state index >= 15 is 0 Å². The number of nitrogens with one attached hydrogen (secondary N) is 1. The number of pyridine rings is 1. The lowest BCUT2D eigenvalue weighted by Gasteiger charge is -2.10. The number of nitrogens with zero attached hydrogens (tertiary/aromatic N) is 3. The van der Waals surface area contributed by atoms with Crippen molar-refractivity contribution in [3.63, 3.8) is 0 Å². The Balaban J connectivity index is 1.81. The normalized spacial score (nSPS) is 11.8. The Morgan fingerprint density at radius 3 is 2.79 bits per heavy atom. The van der Waals surface area contributed by atoms with Gasteiger partial charge < -0.3 is 10.1 Å². The highest BCUT2D eigenvalue weighted by atomic mass is 19.4. The highest BCUT2D eigenvalue weighted by Crippen LogP contribution is 2.28. The van der Waals surface area contributed by atoms with Crippen LogP contribution in [0.5, 0.6) is 0 Å². The Labute approximate surface area is 159 Å². The van der Waals surface area contributed by atoms with Crippen molar-refractivity contribution in [1.82, 2.24) is 14.8 Å². The number of benzene rings is 1. The first-order valence-electron chi connectivity index (χ1n) is 8.60. The fourth-order valence-electron chi connectivity index (χ4n) is 2.75. The van der Waals surface area contributed by atoms with Gasteiger partial charge in [0.15, 0.2) is 0 Å². The van der Waals surface area contributed by atoms with Gasteiger partial charge >= 0.3 is 6.18 Å². The molecule has 0 bridgehead atoms. The van der Waals surface area contributed by atoms with Gasteiger partial charge in [-0.25, -0.2) is 4.98 Å². The van der Waals surface area contributed by atoms with Crippen LogP contribution in [0.4, 0.5) is 18.9 Å². The minimum absolute atomic E-state index is 0.301. The van der Waals surface area contributed by atoms with E-state index in [1.54, 1.807) is 24.8 Å². The van der Waals surface area contributed by atoms with Crippen molar-refractivity contribution in [3.8, 4) is 0 Å². The Bertz CT molecular complexity index is 998. The molecular formula is C19H19F3N4O2. The molecule has 0 saturated carbocycles. The molecule has 0 saturated heterocycles. The summed E-state index contributed by atoms with van der Waals surface area (Å²) in [5.41, 5.74) is 0.600. The first kappa shape index (κ1) is 19.8. The van der Waals surface area contributed by atoms with Crippen molar-refractivity contribution < 1.29 is 22.7 Å². The van der Waals surface area contributed by atoms with E-state index < -0.39 is 17.8 Å². The second-order valence-electron chi connectivity index (χ2n) is 6.32. The van der Waals surface area contributed by atoms with Crippen LogP contribution in [0.3, 0.4) is 0 Å². The third kappa shape index (κ3) is 4.48. The fraction of sp³-hybridized carbons (Fsp3) is 0.316. The molecule has 9 heteroatoms. The Morgan fingerprint density at radius 1 is 1.29 bits per heavy atom. The summed E-state index contributed by atoms with van der Waals surface area (Å²) in [6.07, 6.45) is -1.95. The number of fused-ring (bicyclic) bond motifs is 1. The van der Waals surface area contributed by atoms with Crippen molar-refractivity contribution in [1.29, 1.82) is 0 Å². The van der Waals surface area contributed by atoms with E-state index in [1.165, 1.54) is 6.07 Å². The van der Waals surface area contributed by atoms with Gasteiger partial charge in [-0.15, -0.1) is 0 Å². The van der Waals surface area contributed by atoms with Gasteiger partial charge in [-0.05, 0) is 43.2 Å². The van der Waals surface area contributed by atoms with Crippen molar-refractivity contribution in [2.24, 2.45) is 0 Å². The number of rotatable bonds is 6. The van der Waals surface area contributed by atoms with Crippen LogP contribution in [-0.2, 0) is 17.5 Å². The van der Waals surface area contributed by atoms with Gasteiger partial charge in [-0.3, -0.25) is 9.48 Å². The van der Waals surface area contributed by atoms with Crippen LogP contribution in [-0.4, -0.2) is 34.4 Å². The molecule has 148 valence electrons. The maximum atomic E-state index is 12.8. The minimum Gasteiger partial charge on any atom is -0.385 e. The number of amides is 1. The van der Waals surface area contributed by atoms with E-state index in [9.17, 15) is 18.0 Å². The molecule has 0 unspecified atom stereocenters. The monoisotopic (exact) mass is 392 g/mol. The maximum Gasteiger partial charge on any atom is 0.433 e. The van der Waals surface area contributed by atoms with Crippen molar-refractivity contribution in [2.75, 3.05) is 19.0 Å². The number of aromatic nitrogens is 3. The zero-order chi connectivity index (χ0) is 20.3. The van der Waals surface area contributed by atoms with Crippen LogP contribution in [0, 0.1) is 6.92 Å². The molecule has 1 amide bonds. The first-order chi connectivity index (χ1) is 13.3. The van der Waals surface area contributed by atoms with E-state index in [1.807, 2.05) is 12.3 Å². The zero-order valence-electron chi connectivity index (χ0n) is 15.4. The summed E-state index contributed by atoms with van der Waals surface area (Å²) in [5, 5.41) is 7.92. The van der Waals surface area contributed by atoms with Gasteiger partial charge in [0.05, 0.1) is 5.52 Å². The summed E-state index contributed by atoms with van der Waals surface area (Å²) in [5.74, 6) is -0.707. The third-order valence-electron chi connectivity index (χ3n) is 4.15. The summed E-state index contributed by atoms with van der Waals surface area (Å²) in [6.45, 7) is 3.11. The number of anilines is 1. The van der Waals surface area contributed by atoms with E-state index in [0.717, 1.165) is 35.0 Å². The molecule has 0 aliphatic rings. The van der Waals surface area contributed by atoms with Crippen molar-refractivity contribution >= 4 is 22.5 Å². The van der Waals surface area contributed by atoms with E-state index in [4.69, 9.17) is 4.74 Å². The summed E-state index contributed by atoms with van der Waals surface area (Å²) in [6, 6.07) is 6.79. The van der Waals surface area contributed by atoms with Gasteiger partial charge in [0.1, 0.15) is 11.4 Å². The number of alkyl halides is 3. The number of carbonyl (C=O) groups excluding carboxylic acids is 1. The number of hydrogen-bond acceptors (Lipinski definition) is 4. The average molecular weight is 392 g/mol. The van der Waals surface area contributed by atoms with Gasteiger partial charge in [0, 0.05) is 37.5 Å². The summed E-state index contributed by atoms with van der Waals surface area (Å²) >= 11 is 0. The first-order valence-corrected chi connectivity index (χ1v) is 8.60. The second-order valence-corrected chi connectivity index (χ2v) is 6.32. The SMILES string of the molecule is COCCCn1cc2cc(NC(=O)c3cccc(C(F)(F)F)n3)c(C)cc2n1. The van der Waals surface area contributed by atoms with Gasteiger partial charge in [-0.1, -0.05) is 6.07 Å². The molecular weight excluding hydrogens is 373 g/mol. The van der Waals surface area contributed by atoms with Crippen molar-refractivity contribution in [2.45, 2.75) is 26.1 Å². The standard InChI is InChI=1S/C19H19F3N4O2/c1-12-9-16-13(11-26(25-16)7-4-8-28-2)10-15(12)24-18(27)14-5-3-6-17(23-14)19(20,21)22/h3,5-6,9-11H,4,7-8H2,1-2H3,(H,24,27). The molecule has 1 N–H and O–H groups in total. The van der Waals surface area contributed by atoms with Crippen molar-refractivity contribution in [3.05, 3.63) is 53.5 Å². The van der Waals surface area contributed by atoms with Crippen LogP contribution >= 0.6 is 0 Å². The second kappa shape index (κ2) is 7.97. The number of methoxy groups -OCH3 is 1. The molecule has 0 aliphatic carbocycles. The Hall–Kier alpha value is -2.94. The maximum absolute atomic E-state index is 12.8. The fourth-order valence-corrected chi connectivity index (χ4v) is 2.75. The smallest absolute Gasteiger partial charge is 0.385 e. The van der Waals surface area contributed by atoms with Gasteiger partial charge in [0.25, 0.3) is 5.91 Å². The van der Waals surface area contributed by atoms with E-state index in [-0.39, 0.29) is 5.69 Å². The lowest BCUT2D eigenvalue weighted by Crippen LogP contribution is -2.17. The molecule has 0 radical (unpaired) electrons. The number of ether oxygens (including phenoxy) is 1. The number of halogens is 3. The van der Waals surface area contributed by atoms with Crippen LogP contribution in [0.15, 0.2) is 36.5 Å². The van der Waals surface area contributed by atoms with E-state index in [0.29, 0.717) is 18.8 Å². The molecule has 2 heterocycles. The van der Waals surface area contributed by atoms with Crippen LogP contribution < -0.4 is 5.32 Å². The minimum atomic E-state index is -4.61. The van der Waals surface area contributed by atoms with Crippen LogP contribution in [0.2, 0.25) is 0 Å². The molecule has 0 atom stereocenters. The highest BCUT2D eigenvalue weighted by Gasteiger charge is 2.33. The number of hydrogen-bond donors (Lipinski definition) is 1. The molecule has 0 fully saturated rings. The van der Waals surface area contributed by atoms with Gasteiger partial charge in [-0.2, -0.15) is 18.3 Å². The number of aryl methyl sites for hydroxylation is 2. The Morgan fingerprint density at radius 2 is 2.07 bits per heavy atom. The largest absolute Gasteiger partial charge is 0.433 e. The molecule has 3 rings (SSSR count). The quantitative estimate of drug-likeness (QED) is 0.643. The third-order valence-corrected chi connectivity index (χ3v) is 4.15. The lowest BCUT2D eigenvalue weighted by atomic mass is 10.1. The molecule has 2 aromatic heterocycles. The topological polar surface area (TPSA) is 69.0 Å². The molecule has 1 aromatic carbocycles. The molecule has 3 aromatic rings. The molecule has 0 spiro atoms. The Kier molecular flexibility index (Phi) is 5.64. The van der Waals surface area contributed by atoms with Crippen LogP contribution in [0.25, 0.3) is 10.9 Å². The predicted octanol–water partition coefficient (Wildman–Crippen LogP) is 4.05. The molecule has 6 nitrogen and oxygen atoms in total. The summed E-state index contributed by atoms with van der Waals surface area (Å²) in [4.78, 5) is 15.8. The van der Waals surface area contributed by atoms with Crippen LogP contribution in [0.1, 0.15) is 28.2 Å². The average Bonchev–Trinajstić information content (AvgIpc) is 3.03. The lowest BCUT2D eigenvalue weighted by molar-refractivity contribution is -0.141. The summed E-state index contributed by atoms with van der Waals surface area (Å²) in [7, 11) is 1.64. The van der Waals surface area contributed by atoms with Gasteiger partial charge in [0.2, 0.25) is 0 Å². The summed E-state index contributed by atoms with van der Waals surface area (Å²) < 4.78 is 45.2. The highest BCUT2D eigenvalue weighted by molar-refractivity contribution is 6.04. The molecule has 0 aliphatic heterocycles.